The number of hydrogen-bond acceptors (Lipinski definition) is 4. The van der Waals surface area contributed by atoms with E-state index in [-0.39, 0.29) is 6.10 Å². The fourth-order valence-corrected chi connectivity index (χ4v) is 1.91. The van der Waals surface area contributed by atoms with Crippen molar-refractivity contribution in [1.82, 2.24) is 0 Å². The molecule has 5 heteroatoms. The lowest BCUT2D eigenvalue weighted by Gasteiger charge is -2.20. The van der Waals surface area contributed by atoms with Gasteiger partial charge in [0, 0.05) is 0 Å². The second-order valence-corrected chi connectivity index (χ2v) is 4.20. The molecule has 0 N–H and O–H groups in total. The van der Waals surface area contributed by atoms with Crippen LogP contribution in [-0.4, -0.2) is 19.3 Å². The molecule has 0 atom stereocenters. The topological polar surface area (TPSA) is 44.8 Å². The monoisotopic (exact) mass is 227 g/mol. The van der Waals surface area contributed by atoms with Crippen molar-refractivity contribution in [2.75, 3.05) is 13.2 Å². The van der Waals surface area contributed by atoms with Crippen LogP contribution in [0.1, 0.15) is 5.56 Å². The van der Waals surface area contributed by atoms with E-state index < -0.39 is 8.25 Å². The van der Waals surface area contributed by atoms with Crippen molar-refractivity contribution in [3.05, 3.63) is 35.9 Å². The molecular formula is C10H12O4P. The molecule has 0 aromatic heterocycles. The number of ether oxygens (including phenoxy) is 1. The van der Waals surface area contributed by atoms with Gasteiger partial charge in [0.1, 0.15) is 6.10 Å². The molecular weight excluding hydrogens is 215 g/mol. The van der Waals surface area contributed by atoms with Gasteiger partial charge in [0.05, 0.1) is 19.8 Å². The molecule has 1 saturated heterocycles. The summed E-state index contributed by atoms with van der Waals surface area (Å²) >= 11 is 0. The fraction of sp³-hybridized carbons (Fsp3) is 0.400. The first-order chi connectivity index (χ1) is 7.34. The summed E-state index contributed by atoms with van der Waals surface area (Å²) in [6.45, 7) is 1.19. The van der Waals surface area contributed by atoms with E-state index in [0.29, 0.717) is 19.8 Å². The maximum Gasteiger partial charge on any atom is 0.368 e. The van der Waals surface area contributed by atoms with E-state index >= 15 is 0 Å². The maximum atomic E-state index is 10.7. The van der Waals surface area contributed by atoms with Gasteiger partial charge in [-0.1, -0.05) is 30.3 Å². The van der Waals surface area contributed by atoms with E-state index in [1.165, 1.54) is 0 Å². The van der Waals surface area contributed by atoms with E-state index in [1.807, 2.05) is 30.3 Å². The normalized spacial score (nSPS) is 24.0. The summed E-state index contributed by atoms with van der Waals surface area (Å²) in [7, 11) is -1.91. The van der Waals surface area contributed by atoms with Crippen molar-refractivity contribution < 1.29 is 18.3 Å². The van der Waals surface area contributed by atoms with Crippen molar-refractivity contribution >= 4 is 8.25 Å². The zero-order valence-electron chi connectivity index (χ0n) is 8.17. The minimum Gasteiger partial charge on any atom is -0.369 e. The van der Waals surface area contributed by atoms with E-state index in [0.717, 1.165) is 5.56 Å². The van der Waals surface area contributed by atoms with Crippen LogP contribution in [0, 0.1) is 0 Å². The average Bonchev–Trinajstić information content (AvgIpc) is 2.30. The molecule has 15 heavy (non-hydrogen) atoms. The third-order valence-corrected chi connectivity index (χ3v) is 2.78. The Morgan fingerprint density at radius 3 is 2.60 bits per heavy atom. The number of hydrogen-bond donors (Lipinski definition) is 0. The Morgan fingerprint density at radius 2 is 1.93 bits per heavy atom. The lowest BCUT2D eigenvalue weighted by molar-refractivity contribution is -0.0400. The predicted octanol–water partition coefficient (Wildman–Crippen LogP) is 2.28. The van der Waals surface area contributed by atoms with Crippen LogP contribution in [0.25, 0.3) is 0 Å². The van der Waals surface area contributed by atoms with Gasteiger partial charge in [-0.25, -0.2) is 4.57 Å². The summed E-state index contributed by atoms with van der Waals surface area (Å²) in [5.74, 6) is 0. The van der Waals surface area contributed by atoms with Crippen molar-refractivity contribution in [3.63, 3.8) is 0 Å². The summed E-state index contributed by atoms with van der Waals surface area (Å²) in [4.78, 5) is 0. The summed E-state index contributed by atoms with van der Waals surface area (Å²) in [5, 5.41) is 0. The number of rotatable bonds is 3. The molecule has 1 aliphatic heterocycles. The first kappa shape index (κ1) is 10.7. The molecule has 1 fully saturated rings. The molecule has 0 saturated carbocycles. The molecule has 0 bridgehead atoms. The Balaban J connectivity index is 1.77. The Hall–Kier alpha value is -0.800. The third-order valence-electron chi connectivity index (χ3n) is 2.06. The van der Waals surface area contributed by atoms with Crippen LogP contribution in [-0.2, 0) is 25.0 Å². The predicted molar refractivity (Wildman–Crippen MR) is 54.5 cm³/mol. The van der Waals surface area contributed by atoms with Gasteiger partial charge in [-0.3, -0.25) is 9.05 Å². The second kappa shape index (κ2) is 5.33. The van der Waals surface area contributed by atoms with Gasteiger partial charge in [0.15, 0.2) is 0 Å². The van der Waals surface area contributed by atoms with Gasteiger partial charge in [-0.2, -0.15) is 0 Å². The maximum absolute atomic E-state index is 10.7. The first-order valence-corrected chi connectivity index (χ1v) is 5.83. The Morgan fingerprint density at radius 1 is 1.27 bits per heavy atom. The van der Waals surface area contributed by atoms with Gasteiger partial charge >= 0.3 is 8.25 Å². The van der Waals surface area contributed by atoms with Crippen molar-refractivity contribution in [1.29, 1.82) is 0 Å². The van der Waals surface area contributed by atoms with Crippen LogP contribution in [0.5, 0.6) is 0 Å². The largest absolute Gasteiger partial charge is 0.369 e. The molecule has 1 aromatic carbocycles. The quantitative estimate of drug-likeness (QED) is 0.743. The molecule has 1 heterocycles. The van der Waals surface area contributed by atoms with Crippen molar-refractivity contribution in [3.8, 4) is 0 Å². The van der Waals surface area contributed by atoms with Crippen LogP contribution in [0.2, 0.25) is 0 Å². The summed E-state index contributed by atoms with van der Waals surface area (Å²) in [6.07, 6.45) is -0.127. The van der Waals surface area contributed by atoms with Crippen LogP contribution < -0.4 is 0 Å². The Labute approximate surface area is 89.1 Å². The molecule has 0 spiro atoms. The Bertz CT molecular complexity index is 317. The van der Waals surface area contributed by atoms with Gasteiger partial charge < -0.3 is 4.74 Å². The van der Waals surface area contributed by atoms with Gasteiger partial charge in [-0.05, 0) is 5.56 Å². The summed E-state index contributed by atoms with van der Waals surface area (Å²) in [5.41, 5.74) is 1.10. The summed E-state index contributed by atoms with van der Waals surface area (Å²) in [6, 6.07) is 9.87. The highest BCUT2D eigenvalue weighted by Gasteiger charge is 2.20. The van der Waals surface area contributed by atoms with Crippen molar-refractivity contribution in [2.24, 2.45) is 0 Å². The summed E-state index contributed by atoms with van der Waals surface area (Å²) < 4.78 is 26.0. The average molecular weight is 227 g/mol. The van der Waals surface area contributed by atoms with Crippen LogP contribution in [0.15, 0.2) is 30.3 Å². The van der Waals surface area contributed by atoms with Crippen molar-refractivity contribution in [2.45, 2.75) is 12.7 Å². The fourth-order valence-electron chi connectivity index (χ4n) is 1.26. The lowest BCUT2D eigenvalue weighted by atomic mass is 10.2. The lowest BCUT2D eigenvalue weighted by Crippen LogP contribution is -2.26. The standard InChI is InChI=1S/C10H12O4P/c11-15-13-7-10(8-14-15)12-6-9-4-2-1-3-5-9/h1-5,10H,6-8H2. The minimum atomic E-state index is -1.91. The molecule has 1 aromatic rings. The van der Waals surface area contributed by atoms with Gasteiger partial charge in [-0.15, -0.1) is 0 Å². The van der Waals surface area contributed by atoms with Gasteiger partial charge in [0.2, 0.25) is 0 Å². The van der Waals surface area contributed by atoms with E-state index in [2.05, 4.69) is 0 Å². The van der Waals surface area contributed by atoms with Crippen LogP contribution >= 0.6 is 8.25 Å². The molecule has 0 amide bonds. The van der Waals surface area contributed by atoms with Crippen LogP contribution in [0.3, 0.4) is 0 Å². The van der Waals surface area contributed by atoms with E-state index in [9.17, 15) is 4.57 Å². The third kappa shape index (κ3) is 3.36. The minimum absolute atomic E-state index is 0.127. The highest BCUT2D eigenvalue weighted by atomic mass is 31.1. The number of benzene rings is 1. The highest BCUT2D eigenvalue weighted by Crippen LogP contribution is 2.29. The molecule has 0 unspecified atom stereocenters. The molecule has 4 nitrogen and oxygen atoms in total. The van der Waals surface area contributed by atoms with E-state index in [1.54, 1.807) is 0 Å². The SMILES string of the molecule is O=[P]1OCC(OCc2ccccc2)CO1. The molecule has 2 rings (SSSR count). The Kier molecular flexibility index (Phi) is 3.80. The zero-order valence-corrected chi connectivity index (χ0v) is 9.06. The van der Waals surface area contributed by atoms with Gasteiger partial charge in [0.25, 0.3) is 0 Å². The molecule has 0 aliphatic carbocycles. The van der Waals surface area contributed by atoms with E-state index in [4.69, 9.17) is 13.8 Å². The van der Waals surface area contributed by atoms with Crippen LogP contribution in [0.4, 0.5) is 0 Å². The first-order valence-electron chi connectivity index (χ1n) is 4.73. The second-order valence-electron chi connectivity index (χ2n) is 3.23. The zero-order chi connectivity index (χ0) is 10.5. The smallest absolute Gasteiger partial charge is 0.368 e. The molecule has 81 valence electrons. The molecule has 1 radical (unpaired) electrons. The molecule has 1 aliphatic rings. The highest BCUT2D eigenvalue weighted by molar-refractivity contribution is 7.33.